The smallest absolute Gasteiger partial charge is 0.0669 e. The van der Waals surface area contributed by atoms with Crippen LogP contribution >= 0.6 is 23.2 Å². The summed E-state index contributed by atoms with van der Waals surface area (Å²) < 4.78 is 0. The van der Waals surface area contributed by atoms with Gasteiger partial charge in [-0.2, -0.15) is 10.5 Å². The molecule has 3 nitrogen and oxygen atoms in total. The van der Waals surface area contributed by atoms with Gasteiger partial charge in [0.05, 0.1) is 18.1 Å². The number of hydrogen-bond donors (Lipinski definition) is 1. The molecule has 0 saturated carbocycles. The lowest BCUT2D eigenvalue weighted by Gasteiger charge is -2.17. The van der Waals surface area contributed by atoms with Crippen LogP contribution in [0.1, 0.15) is 31.4 Å². The molecule has 0 amide bonds. The van der Waals surface area contributed by atoms with Crippen molar-refractivity contribution >= 4 is 23.2 Å². The highest BCUT2D eigenvalue weighted by Gasteiger charge is 2.13. The molecule has 1 aromatic carbocycles. The van der Waals surface area contributed by atoms with Crippen LogP contribution in [0.25, 0.3) is 0 Å². The van der Waals surface area contributed by atoms with Crippen molar-refractivity contribution in [2.75, 3.05) is 6.54 Å². The molecule has 5 heteroatoms. The molecule has 19 heavy (non-hydrogen) atoms. The standard InChI is InChI=1S/C14H15Cl2N3/c1-10(13-7-12(15)4-5-14(13)16)19-9-11(8-18)3-2-6-17/h4-5,7,10-11,19H,2-3,9H2,1H3/t10-,11?/m1/s1. The van der Waals surface area contributed by atoms with Crippen LogP contribution < -0.4 is 5.32 Å². The van der Waals surface area contributed by atoms with Gasteiger partial charge in [0, 0.05) is 29.1 Å². The van der Waals surface area contributed by atoms with Crippen LogP contribution in [0.2, 0.25) is 10.0 Å². The van der Waals surface area contributed by atoms with Crippen molar-refractivity contribution in [1.29, 1.82) is 10.5 Å². The fourth-order valence-corrected chi connectivity index (χ4v) is 2.19. The topological polar surface area (TPSA) is 59.6 Å². The zero-order valence-corrected chi connectivity index (χ0v) is 12.2. The van der Waals surface area contributed by atoms with Crippen molar-refractivity contribution in [3.05, 3.63) is 33.8 Å². The van der Waals surface area contributed by atoms with E-state index >= 15 is 0 Å². The Morgan fingerprint density at radius 3 is 2.68 bits per heavy atom. The van der Waals surface area contributed by atoms with Gasteiger partial charge in [-0.05, 0) is 37.1 Å². The molecule has 0 aliphatic carbocycles. The number of hydrogen-bond acceptors (Lipinski definition) is 3. The highest BCUT2D eigenvalue weighted by atomic mass is 35.5. The SMILES string of the molecule is C[C@@H](NCC(C#N)CCC#N)c1cc(Cl)ccc1Cl. The zero-order valence-electron chi connectivity index (χ0n) is 10.7. The Morgan fingerprint density at radius 2 is 2.05 bits per heavy atom. The molecule has 0 saturated heterocycles. The second kappa shape index (κ2) is 8.02. The highest BCUT2D eigenvalue weighted by Crippen LogP contribution is 2.26. The molecule has 0 aromatic heterocycles. The quantitative estimate of drug-likeness (QED) is 0.860. The number of benzene rings is 1. The molecule has 0 bridgehead atoms. The summed E-state index contributed by atoms with van der Waals surface area (Å²) in [6, 6.07) is 9.57. The van der Waals surface area contributed by atoms with E-state index in [0.717, 1.165) is 5.56 Å². The van der Waals surface area contributed by atoms with Crippen LogP contribution in [0.5, 0.6) is 0 Å². The number of nitriles is 2. The Kier molecular flexibility index (Phi) is 6.67. The van der Waals surface area contributed by atoms with Crippen LogP contribution in [0.3, 0.4) is 0 Å². The third-order valence-electron chi connectivity index (χ3n) is 2.88. The zero-order chi connectivity index (χ0) is 14.3. The van der Waals surface area contributed by atoms with Gasteiger partial charge in [0.25, 0.3) is 0 Å². The molecule has 1 unspecified atom stereocenters. The first-order chi connectivity index (χ1) is 9.08. The molecule has 0 fully saturated rings. The second-order valence-corrected chi connectivity index (χ2v) is 5.16. The molecule has 1 aromatic rings. The molecule has 0 aliphatic rings. The van der Waals surface area contributed by atoms with Crippen molar-refractivity contribution in [3.63, 3.8) is 0 Å². The van der Waals surface area contributed by atoms with Crippen molar-refractivity contribution in [3.8, 4) is 12.1 Å². The minimum Gasteiger partial charge on any atom is -0.309 e. The molecule has 0 aliphatic heterocycles. The number of nitrogens with one attached hydrogen (secondary N) is 1. The summed E-state index contributed by atoms with van der Waals surface area (Å²) in [6.45, 7) is 2.50. The van der Waals surface area contributed by atoms with E-state index in [9.17, 15) is 0 Å². The molecule has 0 heterocycles. The highest BCUT2D eigenvalue weighted by molar-refractivity contribution is 6.33. The first kappa shape index (κ1) is 15.8. The van der Waals surface area contributed by atoms with Crippen LogP contribution in [0, 0.1) is 28.6 Å². The molecular weight excluding hydrogens is 281 g/mol. The van der Waals surface area contributed by atoms with E-state index in [0.29, 0.717) is 29.4 Å². The van der Waals surface area contributed by atoms with Gasteiger partial charge >= 0.3 is 0 Å². The summed E-state index contributed by atoms with van der Waals surface area (Å²) in [4.78, 5) is 0. The maximum absolute atomic E-state index is 8.99. The maximum Gasteiger partial charge on any atom is 0.0669 e. The summed E-state index contributed by atoms with van der Waals surface area (Å²) in [5.74, 6) is -0.167. The molecule has 0 radical (unpaired) electrons. The van der Waals surface area contributed by atoms with Crippen LogP contribution in [0.15, 0.2) is 18.2 Å². The third kappa shape index (κ3) is 5.09. The summed E-state index contributed by atoms with van der Waals surface area (Å²) in [6.07, 6.45) is 0.974. The molecular formula is C14H15Cl2N3. The largest absolute Gasteiger partial charge is 0.309 e. The third-order valence-corrected chi connectivity index (χ3v) is 3.46. The summed E-state index contributed by atoms with van der Waals surface area (Å²) >= 11 is 12.1. The Labute approximate surface area is 123 Å². The maximum atomic E-state index is 8.99. The summed E-state index contributed by atoms with van der Waals surface area (Å²) in [5.41, 5.74) is 0.908. The number of nitrogens with zero attached hydrogens (tertiary/aromatic N) is 2. The molecule has 1 rings (SSSR count). The van der Waals surface area contributed by atoms with Gasteiger partial charge < -0.3 is 5.32 Å². The Hall–Kier alpha value is -1.26. The average Bonchev–Trinajstić information content (AvgIpc) is 2.41. The fraction of sp³-hybridized carbons (Fsp3) is 0.429. The van der Waals surface area contributed by atoms with E-state index in [4.69, 9.17) is 33.7 Å². The second-order valence-electron chi connectivity index (χ2n) is 4.32. The predicted molar refractivity (Wildman–Crippen MR) is 76.8 cm³/mol. The monoisotopic (exact) mass is 295 g/mol. The van der Waals surface area contributed by atoms with Gasteiger partial charge in [0.2, 0.25) is 0 Å². The minimum absolute atomic E-state index is 0.00383. The Morgan fingerprint density at radius 1 is 1.32 bits per heavy atom. The first-order valence-corrected chi connectivity index (χ1v) is 6.79. The first-order valence-electron chi connectivity index (χ1n) is 6.03. The fourth-order valence-electron chi connectivity index (χ4n) is 1.73. The molecule has 100 valence electrons. The predicted octanol–water partition coefficient (Wildman–Crippen LogP) is 4.09. The molecule has 2 atom stereocenters. The number of halogens is 2. The lowest BCUT2D eigenvalue weighted by molar-refractivity contribution is 0.490. The van der Waals surface area contributed by atoms with Crippen LogP contribution in [-0.2, 0) is 0 Å². The van der Waals surface area contributed by atoms with Gasteiger partial charge in [0.1, 0.15) is 0 Å². The van der Waals surface area contributed by atoms with E-state index in [-0.39, 0.29) is 12.0 Å². The minimum atomic E-state index is -0.167. The summed E-state index contributed by atoms with van der Waals surface area (Å²) in [7, 11) is 0. The van der Waals surface area contributed by atoms with E-state index in [1.165, 1.54) is 0 Å². The van der Waals surface area contributed by atoms with E-state index in [1.54, 1.807) is 12.1 Å². The Balaban J connectivity index is 2.60. The molecule has 1 N–H and O–H groups in total. The van der Waals surface area contributed by atoms with E-state index in [2.05, 4.69) is 17.5 Å². The van der Waals surface area contributed by atoms with Crippen molar-refractivity contribution in [1.82, 2.24) is 5.32 Å². The van der Waals surface area contributed by atoms with Crippen LogP contribution in [-0.4, -0.2) is 6.54 Å². The average molecular weight is 296 g/mol. The summed E-state index contributed by atoms with van der Waals surface area (Å²) in [5, 5.41) is 22.0. The lowest BCUT2D eigenvalue weighted by Crippen LogP contribution is -2.25. The molecule has 0 spiro atoms. The van der Waals surface area contributed by atoms with E-state index in [1.807, 2.05) is 13.0 Å². The van der Waals surface area contributed by atoms with Gasteiger partial charge in [-0.15, -0.1) is 0 Å². The van der Waals surface area contributed by atoms with Crippen molar-refractivity contribution in [2.45, 2.75) is 25.8 Å². The number of rotatable bonds is 6. The van der Waals surface area contributed by atoms with Gasteiger partial charge in [0.15, 0.2) is 0 Å². The normalized spacial score (nSPS) is 13.3. The lowest BCUT2D eigenvalue weighted by atomic mass is 10.0. The Bertz CT molecular complexity index is 502. The van der Waals surface area contributed by atoms with E-state index < -0.39 is 0 Å². The van der Waals surface area contributed by atoms with Gasteiger partial charge in [-0.3, -0.25) is 0 Å². The van der Waals surface area contributed by atoms with Gasteiger partial charge in [-0.25, -0.2) is 0 Å². The van der Waals surface area contributed by atoms with Crippen LogP contribution in [0.4, 0.5) is 0 Å². The van der Waals surface area contributed by atoms with Crippen molar-refractivity contribution < 1.29 is 0 Å². The van der Waals surface area contributed by atoms with Crippen molar-refractivity contribution in [2.24, 2.45) is 5.92 Å². The van der Waals surface area contributed by atoms with Gasteiger partial charge in [-0.1, -0.05) is 23.2 Å².